The molecule has 9 heteroatoms. The van der Waals surface area contributed by atoms with Crippen molar-refractivity contribution >= 4 is 11.7 Å². The number of nitriles is 1. The molecule has 1 aromatic carbocycles. The van der Waals surface area contributed by atoms with Crippen molar-refractivity contribution in [3.63, 3.8) is 0 Å². The molecule has 2 fully saturated rings. The second-order valence-electron chi connectivity index (χ2n) is 10.7. The highest BCUT2D eigenvalue weighted by Gasteiger charge is 2.47. The number of hydrogen-bond acceptors (Lipinski definition) is 5. The van der Waals surface area contributed by atoms with Gasteiger partial charge in [0.1, 0.15) is 17.5 Å². The van der Waals surface area contributed by atoms with Crippen LogP contribution in [0.2, 0.25) is 0 Å². The van der Waals surface area contributed by atoms with Crippen LogP contribution in [0.3, 0.4) is 0 Å². The van der Waals surface area contributed by atoms with Gasteiger partial charge in [0.2, 0.25) is 0 Å². The molecule has 0 bridgehead atoms. The highest BCUT2D eigenvalue weighted by atomic mass is 19.1. The number of amides is 1. The average molecular weight is 517 g/mol. The Morgan fingerprint density at radius 3 is 2.55 bits per heavy atom. The molecule has 2 heterocycles. The fraction of sp³-hybridized carbons (Fsp3) is 0.483. The van der Waals surface area contributed by atoms with Gasteiger partial charge in [-0.15, -0.1) is 0 Å². The molecule has 8 nitrogen and oxygen atoms in total. The van der Waals surface area contributed by atoms with Gasteiger partial charge < -0.3 is 5.73 Å². The molecule has 5 rings (SSSR count). The standard InChI is InChI=1S/C29H33FN6O2/c1-2-35-14-10-24(33-35)21-5-3-19(4-6-21)15-20-9-11-29(12-13-31,27(30)16-20)36-18-23(28(32)38)25(34-36)17-26(37)22-7-8-22/h3-6,10,14,18,20,22,27H,2,7-9,11-12,15-17H2,1H3,(H2,32,38). The van der Waals surface area contributed by atoms with E-state index in [4.69, 9.17) is 5.73 Å². The summed E-state index contributed by atoms with van der Waals surface area (Å²) in [6.07, 6.45) is 5.86. The predicted molar refractivity (Wildman–Crippen MR) is 140 cm³/mol. The van der Waals surface area contributed by atoms with Crippen molar-refractivity contribution in [1.29, 1.82) is 5.26 Å². The van der Waals surface area contributed by atoms with Gasteiger partial charge in [0.25, 0.3) is 5.91 Å². The average Bonchev–Trinajstić information content (AvgIpc) is 3.50. The fourth-order valence-corrected chi connectivity index (χ4v) is 5.63. The van der Waals surface area contributed by atoms with E-state index in [0.717, 1.165) is 42.6 Å². The summed E-state index contributed by atoms with van der Waals surface area (Å²) in [6.45, 7) is 2.87. The second-order valence-corrected chi connectivity index (χ2v) is 10.7. The van der Waals surface area contributed by atoms with Gasteiger partial charge in [0.15, 0.2) is 0 Å². The lowest BCUT2D eigenvalue weighted by Gasteiger charge is -2.42. The highest BCUT2D eigenvalue weighted by Crippen LogP contribution is 2.43. The molecule has 38 heavy (non-hydrogen) atoms. The quantitative estimate of drug-likeness (QED) is 0.429. The number of nitrogens with two attached hydrogens (primary N) is 1. The van der Waals surface area contributed by atoms with Crippen LogP contribution in [0, 0.1) is 23.2 Å². The van der Waals surface area contributed by atoms with Gasteiger partial charge in [-0.1, -0.05) is 24.3 Å². The zero-order valence-corrected chi connectivity index (χ0v) is 21.6. The fourth-order valence-electron chi connectivity index (χ4n) is 5.63. The molecule has 3 unspecified atom stereocenters. The van der Waals surface area contributed by atoms with Crippen molar-refractivity contribution in [3.05, 3.63) is 59.5 Å². The molecule has 0 saturated heterocycles. The van der Waals surface area contributed by atoms with Crippen molar-refractivity contribution in [3.8, 4) is 17.3 Å². The maximum atomic E-state index is 16.0. The van der Waals surface area contributed by atoms with Crippen molar-refractivity contribution in [1.82, 2.24) is 19.6 Å². The van der Waals surface area contributed by atoms with E-state index in [1.165, 1.54) is 10.9 Å². The minimum absolute atomic E-state index is 0.00678. The zero-order valence-electron chi connectivity index (χ0n) is 21.6. The zero-order chi connectivity index (χ0) is 26.9. The molecular formula is C29H33FN6O2. The van der Waals surface area contributed by atoms with Crippen LogP contribution in [-0.4, -0.2) is 37.4 Å². The van der Waals surface area contributed by atoms with Crippen LogP contribution in [0.1, 0.15) is 67.1 Å². The summed E-state index contributed by atoms with van der Waals surface area (Å²) in [5.41, 5.74) is 7.90. The molecule has 1 amide bonds. The Morgan fingerprint density at radius 2 is 1.95 bits per heavy atom. The number of aromatic nitrogens is 4. The SMILES string of the molecule is CCn1ccc(-c2ccc(CC3CCC(CC#N)(n4cc(C(N)=O)c(CC(=O)C5CC5)n4)C(F)C3)cc2)n1. The first-order valence-electron chi connectivity index (χ1n) is 13.4. The summed E-state index contributed by atoms with van der Waals surface area (Å²) in [4.78, 5) is 24.5. The van der Waals surface area contributed by atoms with Gasteiger partial charge in [0, 0.05) is 30.4 Å². The second kappa shape index (κ2) is 10.5. The number of hydrogen-bond donors (Lipinski definition) is 1. The number of benzene rings is 1. The Bertz CT molecular complexity index is 1370. The van der Waals surface area contributed by atoms with E-state index < -0.39 is 17.6 Å². The first-order chi connectivity index (χ1) is 18.3. The molecule has 2 aliphatic carbocycles. The topological polar surface area (TPSA) is 120 Å². The van der Waals surface area contributed by atoms with E-state index in [0.29, 0.717) is 12.8 Å². The smallest absolute Gasteiger partial charge is 0.252 e. The number of carbonyl (C=O) groups excluding carboxylic acids is 2. The van der Waals surface area contributed by atoms with Crippen LogP contribution in [0.5, 0.6) is 0 Å². The van der Waals surface area contributed by atoms with Crippen LogP contribution in [-0.2, 0) is 29.7 Å². The van der Waals surface area contributed by atoms with E-state index in [1.807, 2.05) is 36.0 Å². The molecule has 3 atom stereocenters. The molecular weight excluding hydrogens is 483 g/mol. The number of aryl methyl sites for hydroxylation is 1. The lowest BCUT2D eigenvalue weighted by Crippen LogP contribution is -2.47. The Morgan fingerprint density at radius 1 is 1.18 bits per heavy atom. The summed E-state index contributed by atoms with van der Waals surface area (Å²) in [5.74, 6) is -0.543. The number of ketones is 1. The summed E-state index contributed by atoms with van der Waals surface area (Å²) < 4.78 is 19.3. The largest absolute Gasteiger partial charge is 0.365 e. The predicted octanol–water partition coefficient (Wildman–Crippen LogP) is 4.38. The monoisotopic (exact) mass is 516 g/mol. The van der Waals surface area contributed by atoms with Gasteiger partial charge in [-0.25, -0.2) is 4.39 Å². The van der Waals surface area contributed by atoms with Crippen LogP contribution in [0.4, 0.5) is 4.39 Å². The van der Waals surface area contributed by atoms with E-state index >= 15 is 4.39 Å². The van der Waals surface area contributed by atoms with Crippen LogP contribution in [0.15, 0.2) is 42.7 Å². The lowest BCUT2D eigenvalue weighted by molar-refractivity contribution is -0.119. The summed E-state index contributed by atoms with van der Waals surface area (Å²) >= 11 is 0. The number of halogens is 1. The van der Waals surface area contributed by atoms with Crippen LogP contribution >= 0.6 is 0 Å². The van der Waals surface area contributed by atoms with E-state index in [2.05, 4.69) is 28.4 Å². The third-order valence-electron chi connectivity index (χ3n) is 8.12. The molecule has 198 valence electrons. The Hall–Kier alpha value is -3.80. The van der Waals surface area contributed by atoms with Gasteiger partial charge in [-0.3, -0.25) is 19.0 Å². The molecule has 0 spiro atoms. The number of rotatable bonds is 10. The number of nitrogens with zero attached hydrogens (tertiary/aromatic N) is 5. The first-order valence-corrected chi connectivity index (χ1v) is 13.4. The highest BCUT2D eigenvalue weighted by molar-refractivity contribution is 5.95. The van der Waals surface area contributed by atoms with Gasteiger partial charge in [-0.05, 0) is 63.0 Å². The normalized spacial score (nSPS) is 23.2. The first kappa shape index (κ1) is 25.8. The number of primary amides is 1. The van der Waals surface area contributed by atoms with Crippen molar-refractivity contribution < 1.29 is 14.0 Å². The van der Waals surface area contributed by atoms with E-state index in [-0.39, 0.29) is 48.1 Å². The molecule has 2 aromatic heterocycles. The van der Waals surface area contributed by atoms with Crippen LogP contribution < -0.4 is 5.73 Å². The minimum Gasteiger partial charge on any atom is -0.365 e. The molecule has 2 N–H and O–H groups in total. The third kappa shape index (κ3) is 5.13. The number of carbonyl (C=O) groups is 2. The van der Waals surface area contributed by atoms with Crippen molar-refractivity contribution in [2.24, 2.45) is 17.6 Å². The van der Waals surface area contributed by atoms with E-state index in [9.17, 15) is 14.9 Å². The van der Waals surface area contributed by atoms with Gasteiger partial charge >= 0.3 is 0 Å². The van der Waals surface area contributed by atoms with Gasteiger partial charge in [0.05, 0.1) is 35.9 Å². The van der Waals surface area contributed by atoms with Crippen molar-refractivity contribution in [2.45, 2.75) is 76.5 Å². The third-order valence-corrected chi connectivity index (χ3v) is 8.12. The summed E-state index contributed by atoms with van der Waals surface area (Å²) in [6, 6.07) is 12.4. The molecule has 2 saturated carbocycles. The number of Topliss-reactive ketones (excluding diaryl/α,β-unsaturated/α-hetero) is 1. The van der Waals surface area contributed by atoms with E-state index in [1.54, 1.807) is 0 Å². The lowest BCUT2D eigenvalue weighted by atomic mass is 9.72. The number of alkyl halides is 1. The summed E-state index contributed by atoms with van der Waals surface area (Å²) in [7, 11) is 0. The van der Waals surface area contributed by atoms with Crippen molar-refractivity contribution in [2.75, 3.05) is 0 Å². The Labute approximate surface area is 221 Å². The van der Waals surface area contributed by atoms with Gasteiger partial charge in [-0.2, -0.15) is 15.5 Å². The maximum Gasteiger partial charge on any atom is 0.252 e. The van der Waals surface area contributed by atoms with Crippen LogP contribution in [0.25, 0.3) is 11.3 Å². The summed E-state index contributed by atoms with van der Waals surface area (Å²) in [5, 5.41) is 18.6. The molecule has 0 radical (unpaired) electrons. The molecule has 3 aromatic rings. The molecule has 2 aliphatic rings. The maximum absolute atomic E-state index is 16.0. The minimum atomic E-state index is -1.33. The Balaban J connectivity index is 1.31. The molecule has 0 aliphatic heterocycles. The Kier molecular flexibility index (Phi) is 7.15.